The summed E-state index contributed by atoms with van der Waals surface area (Å²) < 4.78 is 22.8. The molecule has 0 aromatic rings. The summed E-state index contributed by atoms with van der Waals surface area (Å²) in [6, 6.07) is 0.145. The molecule has 2 rings (SSSR count). The Labute approximate surface area is 102 Å². The van der Waals surface area contributed by atoms with E-state index >= 15 is 0 Å². The molecule has 6 heteroatoms. The predicted octanol–water partition coefficient (Wildman–Crippen LogP) is -0.514. The highest BCUT2D eigenvalue weighted by molar-refractivity contribution is 7.92. The van der Waals surface area contributed by atoms with Crippen molar-refractivity contribution in [3.63, 3.8) is 0 Å². The van der Waals surface area contributed by atoms with Crippen LogP contribution in [-0.2, 0) is 14.6 Å². The number of fused-ring (bicyclic) bond motifs is 1. The van der Waals surface area contributed by atoms with Crippen molar-refractivity contribution in [1.29, 1.82) is 0 Å². The largest absolute Gasteiger partial charge is 0.338 e. The number of amides is 1. The summed E-state index contributed by atoms with van der Waals surface area (Å²) in [6.07, 6.45) is 1.12. The Morgan fingerprint density at radius 1 is 1.41 bits per heavy atom. The third kappa shape index (κ3) is 2.20. The van der Waals surface area contributed by atoms with Gasteiger partial charge in [0, 0.05) is 31.9 Å². The lowest BCUT2D eigenvalue weighted by molar-refractivity contribution is -0.131. The number of carbonyl (C=O) groups excluding carboxylic acids is 1. The molecule has 0 radical (unpaired) electrons. The first-order chi connectivity index (χ1) is 7.82. The summed E-state index contributed by atoms with van der Waals surface area (Å²) in [5, 5.41) is 2.40. The van der Waals surface area contributed by atoms with E-state index in [0.29, 0.717) is 18.4 Å². The molecule has 0 aromatic carbocycles. The lowest BCUT2D eigenvalue weighted by Gasteiger charge is -2.26. The van der Waals surface area contributed by atoms with E-state index < -0.39 is 15.1 Å². The van der Waals surface area contributed by atoms with E-state index in [1.54, 1.807) is 4.90 Å². The highest BCUT2D eigenvalue weighted by Crippen LogP contribution is 2.32. The number of carbonyl (C=O) groups is 1. The van der Waals surface area contributed by atoms with Crippen molar-refractivity contribution in [2.45, 2.75) is 25.1 Å². The van der Waals surface area contributed by atoms with E-state index in [2.05, 4.69) is 5.32 Å². The lowest BCUT2D eigenvalue weighted by atomic mass is 9.95. The van der Waals surface area contributed by atoms with Crippen LogP contribution in [0.1, 0.15) is 13.8 Å². The fraction of sp³-hybridized carbons (Fsp3) is 0.909. The Morgan fingerprint density at radius 2 is 2.06 bits per heavy atom. The van der Waals surface area contributed by atoms with Crippen LogP contribution in [0.15, 0.2) is 0 Å². The molecule has 2 heterocycles. The quantitative estimate of drug-likeness (QED) is 0.726. The fourth-order valence-electron chi connectivity index (χ4n) is 2.88. The monoisotopic (exact) mass is 260 g/mol. The van der Waals surface area contributed by atoms with Crippen LogP contribution >= 0.6 is 0 Å². The number of nitrogens with one attached hydrogen (secondary N) is 1. The van der Waals surface area contributed by atoms with Gasteiger partial charge in [-0.15, -0.1) is 0 Å². The van der Waals surface area contributed by atoms with Gasteiger partial charge in [-0.2, -0.15) is 0 Å². The standard InChI is InChI=1S/C11H20N2O3S/c1-7-10-5-12-4-9(10)6-13(7)11(14)8(2)17(3,15)16/h7-10,12H,4-6H2,1-3H3. The molecule has 4 unspecified atom stereocenters. The minimum atomic E-state index is -3.29. The molecule has 2 aliphatic heterocycles. The molecule has 1 amide bonds. The van der Waals surface area contributed by atoms with Gasteiger partial charge in [0.1, 0.15) is 5.25 Å². The van der Waals surface area contributed by atoms with Crippen molar-refractivity contribution >= 4 is 15.7 Å². The Bertz CT molecular complexity index is 420. The second-order valence-electron chi connectivity index (χ2n) is 5.29. The second-order valence-corrected chi connectivity index (χ2v) is 7.65. The van der Waals surface area contributed by atoms with Gasteiger partial charge in [0.25, 0.3) is 0 Å². The maximum absolute atomic E-state index is 12.2. The van der Waals surface area contributed by atoms with E-state index in [9.17, 15) is 13.2 Å². The van der Waals surface area contributed by atoms with Crippen LogP contribution in [0.4, 0.5) is 0 Å². The molecule has 2 saturated heterocycles. The molecule has 0 saturated carbocycles. The summed E-state index contributed by atoms with van der Waals surface area (Å²) in [5.41, 5.74) is 0. The lowest BCUT2D eigenvalue weighted by Crippen LogP contribution is -2.45. The third-order valence-corrected chi connectivity index (χ3v) is 5.69. The van der Waals surface area contributed by atoms with Crippen LogP contribution in [0.2, 0.25) is 0 Å². The number of rotatable bonds is 2. The summed E-state index contributed by atoms with van der Waals surface area (Å²) in [7, 11) is -3.29. The van der Waals surface area contributed by atoms with Crippen LogP contribution in [0.25, 0.3) is 0 Å². The first-order valence-electron chi connectivity index (χ1n) is 6.02. The molecule has 0 aliphatic carbocycles. The molecule has 0 bridgehead atoms. The first kappa shape index (κ1) is 12.8. The molecular weight excluding hydrogens is 240 g/mol. The van der Waals surface area contributed by atoms with E-state index in [1.165, 1.54) is 6.92 Å². The highest BCUT2D eigenvalue weighted by atomic mass is 32.2. The maximum atomic E-state index is 12.2. The van der Waals surface area contributed by atoms with E-state index in [4.69, 9.17) is 0 Å². The van der Waals surface area contributed by atoms with E-state index in [1.807, 2.05) is 6.92 Å². The van der Waals surface area contributed by atoms with Crippen molar-refractivity contribution in [1.82, 2.24) is 10.2 Å². The van der Waals surface area contributed by atoms with Gasteiger partial charge in [-0.3, -0.25) is 4.79 Å². The summed E-state index contributed by atoms with van der Waals surface area (Å²) in [6.45, 7) is 6.06. The van der Waals surface area contributed by atoms with E-state index in [0.717, 1.165) is 19.3 Å². The zero-order valence-electron chi connectivity index (χ0n) is 10.5. The second kappa shape index (κ2) is 4.24. The molecule has 0 spiro atoms. The number of nitrogens with zero attached hydrogens (tertiary/aromatic N) is 1. The van der Waals surface area contributed by atoms with Gasteiger partial charge in [-0.05, 0) is 25.7 Å². The molecule has 1 N–H and O–H groups in total. The average Bonchev–Trinajstić information content (AvgIpc) is 2.78. The SMILES string of the molecule is CC1C2CNCC2CN1C(=O)C(C)S(C)(=O)=O. The van der Waals surface area contributed by atoms with Crippen molar-refractivity contribution in [2.24, 2.45) is 11.8 Å². The summed E-state index contributed by atoms with van der Waals surface area (Å²) >= 11 is 0. The Morgan fingerprint density at radius 3 is 2.59 bits per heavy atom. The zero-order valence-corrected chi connectivity index (χ0v) is 11.3. The van der Waals surface area contributed by atoms with Crippen LogP contribution in [0.5, 0.6) is 0 Å². The van der Waals surface area contributed by atoms with Crippen molar-refractivity contribution in [3.05, 3.63) is 0 Å². The predicted molar refractivity (Wildman–Crippen MR) is 65.3 cm³/mol. The van der Waals surface area contributed by atoms with Gasteiger partial charge < -0.3 is 10.2 Å². The van der Waals surface area contributed by atoms with Gasteiger partial charge >= 0.3 is 0 Å². The number of hydrogen-bond donors (Lipinski definition) is 1. The summed E-state index contributed by atoms with van der Waals surface area (Å²) in [4.78, 5) is 13.9. The Hall–Kier alpha value is -0.620. The van der Waals surface area contributed by atoms with Gasteiger partial charge in [0.05, 0.1) is 0 Å². The average molecular weight is 260 g/mol. The fourth-order valence-corrected chi connectivity index (χ4v) is 3.38. The summed E-state index contributed by atoms with van der Waals surface area (Å²) in [5.74, 6) is 0.723. The molecule has 5 nitrogen and oxygen atoms in total. The zero-order chi connectivity index (χ0) is 12.8. The number of sulfone groups is 1. The molecule has 0 aromatic heterocycles. The Balaban J connectivity index is 2.12. The van der Waals surface area contributed by atoms with Crippen molar-refractivity contribution < 1.29 is 13.2 Å². The van der Waals surface area contributed by atoms with Crippen LogP contribution in [0, 0.1) is 11.8 Å². The molecule has 2 aliphatic rings. The third-order valence-electron chi connectivity index (χ3n) is 4.21. The smallest absolute Gasteiger partial charge is 0.240 e. The number of likely N-dealkylation sites (tertiary alicyclic amines) is 1. The molecule has 4 atom stereocenters. The molecule has 2 fully saturated rings. The van der Waals surface area contributed by atoms with Crippen LogP contribution < -0.4 is 5.32 Å². The molecule has 17 heavy (non-hydrogen) atoms. The van der Waals surface area contributed by atoms with Crippen molar-refractivity contribution in [2.75, 3.05) is 25.9 Å². The number of hydrogen-bond acceptors (Lipinski definition) is 4. The van der Waals surface area contributed by atoms with Gasteiger partial charge in [0.15, 0.2) is 9.84 Å². The highest BCUT2D eigenvalue weighted by Gasteiger charge is 2.45. The van der Waals surface area contributed by atoms with Crippen LogP contribution in [0.3, 0.4) is 0 Å². The Kier molecular flexibility index (Phi) is 3.20. The maximum Gasteiger partial charge on any atom is 0.240 e. The minimum absolute atomic E-state index is 0.145. The van der Waals surface area contributed by atoms with Crippen molar-refractivity contribution in [3.8, 4) is 0 Å². The van der Waals surface area contributed by atoms with Gasteiger partial charge in [0.2, 0.25) is 5.91 Å². The molecule has 98 valence electrons. The van der Waals surface area contributed by atoms with Gasteiger partial charge in [-0.25, -0.2) is 8.42 Å². The van der Waals surface area contributed by atoms with E-state index in [-0.39, 0.29) is 11.9 Å². The topological polar surface area (TPSA) is 66.5 Å². The van der Waals surface area contributed by atoms with Crippen LogP contribution in [-0.4, -0.2) is 56.4 Å². The first-order valence-corrected chi connectivity index (χ1v) is 7.98. The van der Waals surface area contributed by atoms with Gasteiger partial charge in [-0.1, -0.05) is 0 Å². The normalized spacial score (nSPS) is 34.8. The molecular formula is C11H20N2O3S. The minimum Gasteiger partial charge on any atom is -0.338 e.